The summed E-state index contributed by atoms with van der Waals surface area (Å²) in [6.45, 7) is 3.00. The summed E-state index contributed by atoms with van der Waals surface area (Å²) in [5, 5.41) is 2.35. The third kappa shape index (κ3) is 4.39. The average Bonchev–Trinajstić information content (AvgIpc) is 3.02. The van der Waals surface area contributed by atoms with E-state index in [9.17, 15) is 9.59 Å². The number of esters is 1. The fraction of sp³-hybridized carbons (Fsp3) is 0.312. The summed E-state index contributed by atoms with van der Waals surface area (Å²) < 4.78 is 5.42. The number of amides is 1. The van der Waals surface area contributed by atoms with Crippen LogP contribution in [0.1, 0.15) is 39.2 Å². The maximum atomic E-state index is 12.7. The van der Waals surface area contributed by atoms with Crippen molar-refractivity contribution in [2.45, 2.75) is 19.9 Å². The Morgan fingerprint density at radius 3 is 2.74 bits per heavy atom. The van der Waals surface area contributed by atoms with E-state index >= 15 is 0 Å². The number of carbonyl (C=O) groups excluding carboxylic acids is 2. The van der Waals surface area contributed by atoms with Crippen LogP contribution in [0.5, 0.6) is 0 Å². The molecule has 0 atom stereocenters. The second-order valence-corrected chi connectivity index (χ2v) is 6.62. The molecule has 0 unspecified atom stereocenters. The van der Waals surface area contributed by atoms with Gasteiger partial charge in [-0.1, -0.05) is 19.1 Å². The van der Waals surface area contributed by atoms with Crippen LogP contribution in [0.15, 0.2) is 34.1 Å². The molecule has 23 heavy (non-hydrogen) atoms. The van der Waals surface area contributed by atoms with Crippen LogP contribution in [0.4, 0.5) is 0 Å². The number of rotatable bonds is 6. The zero-order valence-corrected chi connectivity index (χ0v) is 15.3. The number of benzene rings is 1. The minimum atomic E-state index is -0.466. The third-order valence-corrected chi connectivity index (χ3v) is 4.68. The highest BCUT2D eigenvalue weighted by Crippen LogP contribution is 2.20. The van der Waals surface area contributed by atoms with Gasteiger partial charge in [-0.15, -0.1) is 11.3 Å². The standard InChI is InChI=1S/C16H17BrN2O3S/c1-3-8-19(15(20)11-6-4-5-7-12(11)17)9-14-18-13(10-23-14)16(21)22-2/h4-7,10H,3,8-9H2,1-2H3. The van der Waals surface area contributed by atoms with E-state index < -0.39 is 5.97 Å². The number of nitrogens with zero attached hydrogens (tertiary/aromatic N) is 2. The molecular formula is C16H17BrN2O3S. The van der Waals surface area contributed by atoms with Gasteiger partial charge in [0.15, 0.2) is 5.69 Å². The molecule has 0 N–H and O–H groups in total. The maximum absolute atomic E-state index is 12.7. The van der Waals surface area contributed by atoms with Crippen molar-refractivity contribution >= 4 is 39.1 Å². The summed E-state index contributed by atoms with van der Waals surface area (Å²) in [4.78, 5) is 30.2. The molecule has 0 saturated carbocycles. The first-order valence-electron chi connectivity index (χ1n) is 7.13. The monoisotopic (exact) mass is 396 g/mol. The number of halogens is 1. The van der Waals surface area contributed by atoms with Gasteiger partial charge < -0.3 is 9.64 Å². The Morgan fingerprint density at radius 1 is 1.35 bits per heavy atom. The molecule has 2 rings (SSSR count). The van der Waals surface area contributed by atoms with Gasteiger partial charge in [-0.05, 0) is 34.5 Å². The number of thiazole rings is 1. The predicted octanol–water partition coefficient (Wildman–Crippen LogP) is 3.74. The lowest BCUT2D eigenvalue weighted by Gasteiger charge is -2.21. The molecule has 0 radical (unpaired) electrons. The van der Waals surface area contributed by atoms with Gasteiger partial charge in [-0.25, -0.2) is 9.78 Å². The molecule has 122 valence electrons. The van der Waals surface area contributed by atoms with Crippen molar-refractivity contribution in [3.63, 3.8) is 0 Å². The van der Waals surface area contributed by atoms with E-state index in [1.54, 1.807) is 16.3 Å². The van der Waals surface area contributed by atoms with E-state index in [1.807, 2.05) is 25.1 Å². The molecule has 0 saturated heterocycles. The largest absolute Gasteiger partial charge is 0.464 e. The number of ether oxygens (including phenoxy) is 1. The van der Waals surface area contributed by atoms with Gasteiger partial charge in [0, 0.05) is 16.4 Å². The summed E-state index contributed by atoms with van der Waals surface area (Å²) in [6.07, 6.45) is 0.839. The maximum Gasteiger partial charge on any atom is 0.357 e. The van der Waals surface area contributed by atoms with Gasteiger partial charge >= 0.3 is 5.97 Å². The number of carbonyl (C=O) groups is 2. The van der Waals surface area contributed by atoms with E-state index in [2.05, 4.69) is 25.7 Å². The van der Waals surface area contributed by atoms with Crippen LogP contribution in [0, 0.1) is 0 Å². The van der Waals surface area contributed by atoms with Gasteiger partial charge in [-0.2, -0.15) is 0 Å². The van der Waals surface area contributed by atoms with Crippen LogP contribution < -0.4 is 0 Å². The van der Waals surface area contributed by atoms with E-state index in [1.165, 1.54) is 18.4 Å². The van der Waals surface area contributed by atoms with Crippen molar-refractivity contribution in [3.05, 3.63) is 50.4 Å². The van der Waals surface area contributed by atoms with Crippen LogP contribution in [0.25, 0.3) is 0 Å². The Labute approximate surface area is 147 Å². The van der Waals surface area contributed by atoms with Gasteiger partial charge in [0.05, 0.1) is 19.2 Å². The van der Waals surface area contributed by atoms with Crippen LogP contribution in [-0.4, -0.2) is 35.4 Å². The molecule has 0 aliphatic rings. The normalized spacial score (nSPS) is 10.4. The second-order valence-electron chi connectivity index (χ2n) is 4.82. The molecular weight excluding hydrogens is 380 g/mol. The molecule has 1 amide bonds. The Kier molecular flexibility index (Phi) is 6.29. The van der Waals surface area contributed by atoms with Crippen LogP contribution in [0.2, 0.25) is 0 Å². The smallest absolute Gasteiger partial charge is 0.357 e. The van der Waals surface area contributed by atoms with Crippen molar-refractivity contribution in [1.29, 1.82) is 0 Å². The highest BCUT2D eigenvalue weighted by atomic mass is 79.9. The SMILES string of the molecule is CCCN(Cc1nc(C(=O)OC)cs1)C(=O)c1ccccc1Br. The highest BCUT2D eigenvalue weighted by Gasteiger charge is 2.20. The Balaban J connectivity index is 2.18. The van der Waals surface area contributed by atoms with Gasteiger partial charge in [0.25, 0.3) is 5.91 Å². The summed E-state index contributed by atoms with van der Waals surface area (Å²) in [6, 6.07) is 7.34. The van der Waals surface area contributed by atoms with E-state index in [-0.39, 0.29) is 11.6 Å². The molecule has 7 heteroatoms. The number of hydrogen-bond donors (Lipinski definition) is 0. The lowest BCUT2D eigenvalue weighted by molar-refractivity contribution is 0.0594. The molecule has 1 heterocycles. The van der Waals surface area contributed by atoms with E-state index in [4.69, 9.17) is 0 Å². The first kappa shape index (κ1) is 17.6. The molecule has 1 aromatic carbocycles. The molecule has 5 nitrogen and oxygen atoms in total. The fourth-order valence-corrected chi connectivity index (χ4v) is 3.30. The third-order valence-electron chi connectivity index (χ3n) is 3.16. The van der Waals surface area contributed by atoms with Crippen LogP contribution in [-0.2, 0) is 11.3 Å². The average molecular weight is 397 g/mol. The van der Waals surface area contributed by atoms with Gasteiger partial charge in [-0.3, -0.25) is 4.79 Å². The molecule has 0 aliphatic heterocycles. The van der Waals surface area contributed by atoms with Crippen molar-refractivity contribution in [2.24, 2.45) is 0 Å². The summed E-state index contributed by atoms with van der Waals surface area (Å²) in [7, 11) is 1.32. The molecule has 0 spiro atoms. The van der Waals surface area contributed by atoms with Crippen molar-refractivity contribution < 1.29 is 14.3 Å². The van der Waals surface area contributed by atoms with E-state index in [0.717, 1.165) is 10.9 Å². The highest BCUT2D eigenvalue weighted by molar-refractivity contribution is 9.10. The lowest BCUT2D eigenvalue weighted by atomic mass is 10.2. The minimum absolute atomic E-state index is 0.0610. The quantitative estimate of drug-likeness (QED) is 0.697. The number of hydrogen-bond acceptors (Lipinski definition) is 5. The summed E-state index contributed by atoms with van der Waals surface area (Å²) in [5.74, 6) is -0.527. The number of aromatic nitrogens is 1. The van der Waals surface area contributed by atoms with Crippen molar-refractivity contribution in [2.75, 3.05) is 13.7 Å². The lowest BCUT2D eigenvalue weighted by Crippen LogP contribution is -2.31. The van der Waals surface area contributed by atoms with Crippen molar-refractivity contribution in [3.8, 4) is 0 Å². The molecule has 0 aliphatic carbocycles. The Hall–Kier alpha value is -1.73. The second kappa shape index (κ2) is 8.21. The zero-order valence-electron chi connectivity index (χ0n) is 12.9. The minimum Gasteiger partial charge on any atom is -0.464 e. The zero-order chi connectivity index (χ0) is 16.8. The molecule has 1 aromatic heterocycles. The van der Waals surface area contributed by atoms with Crippen molar-refractivity contribution in [1.82, 2.24) is 9.88 Å². The first-order valence-corrected chi connectivity index (χ1v) is 8.80. The molecule has 2 aromatic rings. The Bertz CT molecular complexity index is 702. The number of methoxy groups -OCH3 is 1. The first-order chi connectivity index (χ1) is 11.1. The summed E-state index contributed by atoms with van der Waals surface area (Å²) in [5.41, 5.74) is 0.892. The van der Waals surface area contributed by atoms with Crippen LogP contribution in [0.3, 0.4) is 0 Å². The van der Waals surface area contributed by atoms with E-state index in [0.29, 0.717) is 23.7 Å². The topological polar surface area (TPSA) is 59.5 Å². The molecule has 0 fully saturated rings. The molecule has 0 bridgehead atoms. The Morgan fingerprint density at radius 2 is 2.09 bits per heavy atom. The van der Waals surface area contributed by atoms with Gasteiger partial charge in [0.1, 0.15) is 5.01 Å². The predicted molar refractivity (Wildman–Crippen MR) is 92.6 cm³/mol. The van der Waals surface area contributed by atoms with Gasteiger partial charge in [0.2, 0.25) is 0 Å². The van der Waals surface area contributed by atoms with Crippen LogP contribution >= 0.6 is 27.3 Å². The summed E-state index contributed by atoms with van der Waals surface area (Å²) >= 11 is 4.76. The fourth-order valence-electron chi connectivity index (χ4n) is 2.07.